The minimum Gasteiger partial charge on any atom is -0.462 e. The van der Waals surface area contributed by atoms with E-state index < -0.39 is 35.8 Å². The molecule has 14 heteroatoms. The quantitative estimate of drug-likeness (QED) is 0.0218. The lowest BCUT2D eigenvalue weighted by molar-refractivity contribution is 0.0348. The van der Waals surface area contributed by atoms with E-state index in [1.54, 1.807) is 121 Å². The standard InChI is InChI=1S/C54H52O14/c1-3-21-61-27-29-67-53(59)47-19-13-39-33-45(17-11-41(39)35-47)51(57)65-25-7-5-23-63-49(55)43-15-9-38-32-44(16-10-37(38)31-43)50(56)64-24-6-8-26-66-52(58)46-18-12-42-36-48(20-14-40(42)34-46)54(60)68-30-28-62-22-4-2/h3-4,9-20,31-36H,1-2,5-8,21-30H2. The lowest BCUT2D eigenvalue weighted by Crippen LogP contribution is -2.11. The third kappa shape index (κ3) is 14.7. The van der Waals surface area contributed by atoms with Gasteiger partial charge in [0.05, 0.1) is 86.2 Å². The van der Waals surface area contributed by atoms with Crippen molar-refractivity contribution >= 4 is 68.1 Å². The second kappa shape index (κ2) is 25.9. The van der Waals surface area contributed by atoms with Crippen molar-refractivity contribution < 1.29 is 66.7 Å². The van der Waals surface area contributed by atoms with Crippen molar-refractivity contribution in [2.24, 2.45) is 0 Å². The Morgan fingerprint density at radius 2 is 0.515 bits per heavy atom. The van der Waals surface area contributed by atoms with Crippen LogP contribution in [0, 0.1) is 0 Å². The zero-order chi connectivity index (χ0) is 48.1. The van der Waals surface area contributed by atoms with Crippen LogP contribution in [0.25, 0.3) is 32.3 Å². The Bertz CT molecular complexity index is 2590. The first kappa shape index (κ1) is 49.7. The van der Waals surface area contributed by atoms with Gasteiger partial charge >= 0.3 is 35.8 Å². The molecule has 0 heterocycles. The van der Waals surface area contributed by atoms with Crippen molar-refractivity contribution in [3.8, 4) is 0 Å². The zero-order valence-corrected chi connectivity index (χ0v) is 37.6. The molecular formula is C54H52O14. The van der Waals surface area contributed by atoms with Crippen LogP contribution < -0.4 is 0 Å². The van der Waals surface area contributed by atoms with Gasteiger partial charge in [0, 0.05) is 0 Å². The lowest BCUT2D eigenvalue weighted by Gasteiger charge is -2.09. The molecule has 0 aliphatic carbocycles. The van der Waals surface area contributed by atoms with E-state index >= 15 is 0 Å². The molecule has 0 radical (unpaired) electrons. The summed E-state index contributed by atoms with van der Waals surface area (Å²) in [6.45, 7) is 9.22. The van der Waals surface area contributed by atoms with Crippen molar-refractivity contribution in [1.82, 2.24) is 0 Å². The zero-order valence-electron chi connectivity index (χ0n) is 37.6. The van der Waals surface area contributed by atoms with Gasteiger partial charge in [-0.05, 0) is 131 Å². The molecular weight excluding hydrogens is 873 g/mol. The molecule has 0 N–H and O–H groups in total. The van der Waals surface area contributed by atoms with Gasteiger partial charge in [-0.1, -0.05) is 48.6 Å². The van der Waals surface area contributed by atoms with Crippen LogP contribution in [-0.4, -0.2) is 102 Å². The van der Waals surface area contributed by atoms with Crippen LogP contribution in [-0.2, 0) is 37.9 Å². The maximum Gasteiger partial charge on any atom is 0.338 e. The van der Waals surface area contributed by atoms with Gasteiger partial charge in [-0.15, -0.1) is 13.2 Å². The van der Waals surface area contributed by atoms with Crippen molar-refractivity contribution in [2.75, 3.05) is 66.1 Å². The molecule has 0 saturated carbocycles. The van der Waals surface area contributed by atoms with Crippen LogP contribution >= 0.6 is 0 Å². The van der Waals surface area contributed by atoms with Gasteiger partial charge in [0.2, 0.25) is 0 Å². The van der Waals surface area contributed by atoms with Gasteiger partial charge < -0.3 is 37.9 Å². The number of hydrogen-bond donors (Lipinski definition) is 0. The molecule has 0 fully saturated rings. The summed E-state index contributed by atoms with van der Waals surface area (Å²) >= 11 is 0. The summed E-state index contributed by atoms with van der Waals surface area (Å²) < 4.78 is 42.7. The molecule has 6 rings (SSSR count). The number of carbonyl (C=O) groups is 6. The fourth-order valence-electron chi connectivity index (χ4n) is 6.79. The number of unbranched alkanes of at least 4 members (excludes halogenated alkanes) is 2. The number of rotatable bonds is 26. The predicted octanol–water partition coefficient (Wildman–Crippen LogP) is 9.45. The highest BCUT2D eigenvalue weighted by Crippen LogP contribution is 2.23. The second-order valence-electron chi connectivity index (χ2n) is 15.3. The molecule has 0 aromatic heterocycles. The maximum atomic E-state index is 12.8. The fourth-order valence-corrected chi connectivity index (χ4v) is 6.79. The molecule has 0 amide bonds. The largest absolute Gasteiger partial charge is 0.462 e. The molecule has 0 unspecified atom stereocenters. The number of esters is 6. The van der Waals surface area contributed by atoms with Crippen molar-refractivity contribution in [2.45, 2.75) is 25.7 Å². The van der Waals surface area contributed by atoms with Crippen LogP contribution in [0.5, 0.6) is 0 Å². The highest BCUT2D eigenvalue weighted by molar-refractivity contribution is 6.01. The Kier molecular flexibility index (Phi) is 18.9. The average molecular weight is 925 g/mol. The monoisotopic (exact) mass is 924 g/mol. The van der Waals surface area contributed by atoms with Gasteiger partial charge in [0.25, 0.3) is 0 Å². The Morgan fingerprint density at radius 3 is 0.721 bits per heavy atom. The molecule has 0 aliphatic heterocycles. The smallest absolute Gasteiger partial charge is 0.338 e. The second-order valence-corrected chi connectivity index (χ2v) is 15.3. The fraction of sp³-hybridized carbons (Fsp3) is 0.259. The maximum absolute atomic E-state index is 12.8. The van der Waals surface area contributed by atoms with Gasteiger partial charge in [0.1, 0.15) is 13.2 Å². The van der Waals surface area contributed by atoms with E-state index in [0.717, 1.165) is 32.3 Å². The minimum atomic E-state index is -0.502. The molecule has 0 spiro atoms. The SMILES string of the molecule is C=CCOCCOC(=O)c1ccc2cc(C(=O)OCCCCOC(=O)c3ccc4cc(C(=O)OCCCCOC(=O)c5ccc6cc(C(=O)OCCOCC=C)ccc6c5)ccc4c3)ccc2c1. The summed E-state index contributed by atoms with van der Waals surface area (Å²) in [5.74, 6) is -2.92. The third-order valence-electron chi connectivity index (χ3n) is 10.3. The molecule has 352 valence electrons. The molecule has 6 aromatic carbocycles. The van der Waals surface area contributed by atoms with E-state index in [0.29, 0.717) is 72.3 Å². The molecule has 68 heavy (non-hydrogen) atoms. The molecule has 0 saturated heterocycles. The van der Waals surface area contributed by atoms with Crippen LogP contribution in [0.2, 0.25) is 0 Å². The van der Waals surface area contributed by atoms with E-state index in [-0.39, 0.29) is 52.9 Å². The van der Waals surface area contributed by atoms with E-state index in [1.165, 1.54) is 0 Å². The summed E-state index contributed by atoms with van der Waals surface area (Å²) in [6.07, 6.45) is 5.14. The Hall–Kier alpha value is -7.68. The van der Waals surface area contributed by atoms with Gasteiger partial charge in [-0.2, -0.15) is 0 Å². The lowest BCUT2D eigenvalue weighted by atomic mass is 10.0. The normalized spacial score (nSPS) is 10.9. The first-order chi connectivity index (χ1) is 33.1. The van der Waals surface area contributed by atoms with Gasteiger partial charge in [-0.3, -0.25) is 0 Å². The average Bonchev–Trinajstić information content (AvgIpc) is 3.36. The number of hydrogen-bond acceptors (Lipinski definition) is 14. The molecule has 0 atom stereocenters. The van der Waals surface area contributed by atoms with E-state index in [2.05, 4.69) is 13.2 Å². The molecule has 6 aromatic rings. The first-order valence-corrected chi connectivity index (χ1v) is 22.1. The summed E-state index contributed by atoms with van der Waals surface area (Å²) in [5, 5.41) is 4.53. The van der Waals surface area contributed by atoms with Gasteiger partial charge in [0.15, 0.2) is 0 Å². The Labute approximate surface area is 393 Å². The molecule has 0 bridgehead atoms. The van der Waals surface area contributed by atoms with E-state index in [1.807, 2.05) is 0 Å². The van der Waals surface area contributed by atoms with Crippen molar-refractivity contribution in [1.29, 1.82) is 0 Å². The Morgan fingerprint density at radius 1 is 0.309 bits per heavy atom. The van der Waals surface area contributed by atoms with Crippen molar-refractivity contribution in [3.05, 3.63) is 168 Å². The van der Waals surface area contributed by atoms with Gasteiger partial charge in [-0.25, -0.2) is 28.8 Å². The summed E-state index contributed by atoms with van der Waals surface area (Å²) in [5.41, 5.74) is 2.22. The molecule has 14 nitrogen and oxygen atoms in total. The first-order valence-electron chi connectivity index (χ1n) is 22.1. The van der Waals surface area contributed by atoms with Crippen LogP contribution in [0.15, 0.2) is 135 Å². The minimum absolute atomic E-state index is 0.125. The Balaban J connectivity index is 0.845. The summed E-state index contributed by atoms with van der Waals surface area (Å²) in [6, 6.07) is 30.4. The number of fused-ring (bicyclic) bond motifs is 3. The summed E-state index contributed by atoms with van der Waals surface area (Å²) in [4.78, 5) is 75.8. The van der Waals surface area contributed by atoms with Crippen LogP contribution in [0.3, 0.4) is 0 Å². The number of carbonyl (C=O) groups excluding carboxylic acids is 6. The van der Waals surface area contributed by atoms with E-state index in [9.17, 15) is 28.8 Å². The van der Waals surface area contributed by atoms with Crippen LogP contribution in [0.4, 0.5) is 0 Å². The number of ether oxygens (including phenoxy) is 8. The predicted molar refractivity (Wildman–Crippen MR) is 254 cm³/mol. The highest BCUT2D eigenvalue weighted by atomic mass is 16.6. The van der Waals surface area contributed by atoms with Crippen LogP contribution in [0.1, 0.15) is 87.8 Å². The third-order valence-corrected chi connectivity index (χ3v) is 10.3. The summed E-state index contributed by atoms with van der Waals surface area (Å²) in [7, 11) is 0. The highest BCUT2D eigenvalue weighted by Gasteiger charge is 2.15. The van der Waals surface area contributed by atoms with E-state index in [4.69, 9.17) is 37.9 Å². The topological polar surface area (TPSA) is 176 Å². The van der Waals surface area contributed by atoms with Crippen molar-refractivity contribution in [3.63, 3.8) is 0 Å². The molecule has 0 aliphatic rings. The number of benzene rings is 6.